The van der Waals surface area contributed by atoms with Crippen molar-refractivity contribution in [1.29, 1.82) is 0 Å². The summed E-state index contributed by atoms with van der Waals surface area (Å²) in [5.74, 6) is 0. The lowest BCUT2D eigenvalue weighted by molar-refractivity contribution is -0.0376. The number of hydrogen-bond acceptors (Lipinski definition) is 2. The molecule has 1 N–H and O–H groups in total. The van der Waals surface area contributed by atoms with Gasteiger partial charge in [0, 0.05) is 12.6 Å². The molecule has 80 valence electrons. The van der Waals surface area contributed by atoms with Gasteiger partial charge in [-0.25, -0.2) is 4.79 Å². The molecule has 2 amide bonds. The van der Waals surface area contributed by atoms with Crippen LogP contribution in [0.2, 0.25) is 0 Å². The maximum absolute atomic E-state index is 11.8. The van der Waals surface area contributed by atoms with Crippen LogP contribution in [0.15, 0.2) is 0 Å². The number of hydrogen-bond donors (Lipinski definition) is 1. The third-order valence-electron chi connectivity index (χ3n) is 3.05. The summed E-state index contributed by atoms with van der Waals surface area (Å²) < 4.78 is 5.47. The van der Waals surface area contributed by atoms with E-state index in [9.17, 15) is 4.79 Å². The maximum Gasteiger partial charge on any atom is 0.318 e. The molecule has 1 heterocycles. The highest BCUT2D eigenvalue weighted by molar-refractivity contribution is 5.75. The number of urea groups is 1. The number of carbonyl (C=O) groups excluding carboxylic acids is 1. The monoisotopic (exact) mass is 198 g/mol. The molecule has 1 saturated carbocycles. The van der Waals surface area contributed by atoms with Crippen molar-refractivity contribution < 1.29 is 9.53 Å². The Balaban J connectivity index is 1.90. The fraction of sp³-hybridized carbons (Fsp3) is 0.900. The predicted molar refractivity (Wildman–Crippen MR) is 53.1 cm³/mol. The van der Waals surface area contributed by atoms with Crippen LogP contribution in [0.1, 0.15) is 26.7 Å². The number of rotatable bonds is 1. The van der Waals surface area contributed by atoms with Gasteiger partial charge in [0.25, 0.3) is 0 Å². The van der Waals surface area contributed by atoms with Gasteiger partial charge in [0.05, 0.1) is 18.8 Å². The molecular formula is C10H18N2O2. The van der Waals surface area contributed by atoms with E-state index in [0.717, 1.165) is 12.8 Å². The van der Waals surface area contributed by atoms with E-state index in [1.807, 2.05) is 18.7 Å². The molecule has 0 aromatic heterocycles. The Hall–Kier alpha value is -0.770. The van der Waals surface area contributed by atoms with Gasteiger partial charge in [-0.05, 0) is 26.7 Å². The summed E-state index contributed by atoms with van der Waals surface area (Å²) in [6.07, 6.45) is 2.42. The normalized spacial score (nSPS) is 32.9. The minimum atomic E-state index is 0.0788. The minimum absolute atomic E-state index is 0.0788. The highest BCUT2D eigenvalue weighted by Crippen LogP contribution is 2.20. The standard InChI is InChI=1S/C10H18N2O2/c1-7-8(2)14-6-5-12(7)10(13)11-9-3-4-9/h7-9H,3-6H2,1-2H3,(H,11,13). The lowest BCUT2D eigenvalue weighted by Gasteiger charge is -2.37. The highest BCUT2D eigenvalue weighted by atomic mass is 16.5. The molecule has 0 aromatic carbocycles. The van der Waals surface area contributed by atoms with Crippen LogP contribution in [0.3, 0.4) is 0 Å². The van der Waals surface area contributed by atoms with E-state index in [1.54, 1.807) is 0 Å². The number of carbonyl (C=O) groups is 1. The predicted octanol–water partition coefficient (Wildman–Crippen LogP) is 0.968. The molecule has 2 aliphatic rings. The second-order valence-corrected chi connectivity index (χ2v) is 4.23. The second-order valence-electron chi connectivity index (χ2n) is 4.23. The molecule has 14 heavy (non-hydrogen) atoms. The molecule has 2 unspecified atom stereocenters. The first-order chi connectivity index (χ1) is 6.68. The van der Waals surface area contributed by atoms with Crippen LogP contribution in [0, 0.1) is 0 Å². The van der Waals surface area contributed by atoms with Crippen LogP contribution >= 0.6 is 0 Å². The number of nitrogens with zero attached hydrogens (tertiary/aromatic N) is 1. The molecule has 2 fully saturated rings. The molecular weight excluding hydrogens is 180 g/mol. The van der Waals surface area contributed by atoms with Crippen LogP contribution < -0.4 is 5.32 Å². The summed E-state index contributed by atoms with van der Waals surface area (Å²) in [4.78, 5) is 13.6. The lowest BCUT2D eigenvalue weighted by Crippen LogP contribution is -2.54. The Kier molecular flexibility index (Phi) is 2.63. The zero-order chi connectivity index (χ0) is 10.1. The smallest absolute Gasteiger partial charge is 0.318 e. The number of nitrogens with one attached hydrogen (secondary N) is 1. The Labute approximate surface area is 84.6 Å². The first-order valence-electron chi connectivity index (χ1n) is 5.37. The van der Waals surface area contributed by atoms with E-state index in [0.29, 0.717) is 19.2 Å². The molecule has 0 bridgehead atoms. The largest absolute Gasteiger partial charge is 0.375 e. The summed E-state index contributed by atoms with van der Waals surface area (Å²) in [5.41, 5.74) is 0. The molecule has 4 nitrogen and oxygen atoms in total. The van der Waals surface area contributed by atoms with Crippen molar-refractivity contribution in [1.82, 2.24) is 10.2 Å². The number of ether oxygens (including phenoxy) is 1. The van der Waals surface area contributed by atoms with Crippen LogP contribution in [-0.4, -0.2) is 42.3 Å². The van der Waals surface area contributed by atoms with Gasteiger partial charge in [-0.15, -0.1) is 0 Å². The Morgan fingerprint density at radius 2 is 2.14 bits per heavy atom. The van der Waals surface area contributed by atoms with Crippen molar-refractivity contribution in [2.75, 3.05) is 13.2 Å². The SMILES string of the molecule is CC1OCCN(C(=O)NC2CC2)C1C. The molecule has 0 aromatic rings. The van der Waals surface area contributed by atoms with Crippen LogP contribution in [0.25, 0.3) is 0 Å². The zero-order valence-electron chi connectivity index (χ0n) is 8.82. The lowest BCUT2D eigenvalue weighted by atomic mass is 10.1. The van der Waals surface area contributed by atoms with Crippen molar-refractivity contribution in [3.63, 3.8) is 0 Å². The molecule has 1 saturated heterocycles. The first-order valence-corrected chi connectivity index (χ1v) is 5.37. The van der Waals surface area contributed by atoms with E-state index < -0.39 is 0 Å². The van der Waals surface area contributed by atoms with E-state index in [4.69, 9.17) is 4.74 Å². The Bertz CT molecular complexity index is 228. The van der Waals surface area contributed by atoms with Crippen molar-refractivity contribution in [3.8, 4) is 0 Å². The van der Waals surface area contributed by atoms with Crippen molar-refractivity contribution >= 4 is 6.03 Å². The van der Waals surface area contributed by atoms with Crippen LogP contribution in [0.5, 0.6) is 0 Å². The van der Waals surface area contributed by atoms with Gasteiger partial charge in [-0.1, -0.05) is 0 Å². The fourth-order valence-electron chi connectivity index (χ4n) is 1.70. The molecule has 1 aliphatic heterocycles. The Morgan fingerprint density at radius 3 is 2.79 bits per heavy atom. The summed E-state index contributed by atoms with van der Waals surface area (Å²) in [7, 11) is 0. The van der Waals surface area contributed by atoms with Gasteiger partial charge in [-0.3, -0.25) is 0 Å². The molecule has 2 atom stereocenters. The van der Waals surface area contributed by atoms with Crippen molar-refractivity contribution in [2.24, 2.45) is 0 Å². The van der Waals surface area contributed by atoms with Crippen molar-refractivity contribution in [3.05, 3.63) is 0 Å². The maximum atomic E-state index is 11.8. The summed E-state index contributed by atoms with van der Waals surface area (Å²) >= 11 is 0. The number of amides is 2. The van der Waals surface area contributed by atoms with Crippen molar-refractivity contribution in [2.45, 2.75) is 44.9 Å². The van der Waals surface area contributed by atoms with E-state index in [-0.39, 0.29) is 18.2 Å². The van der Waals surface area contributed by atoms with E-state index >= 15 is 0 Å². The minimum Gasteiger partial charge on any atom is -0.375 e. The topological polar surface area (TPSA) is 41.6 Å². The van der Waals surface area contributed by atoms with Gasteiger partial charge in [0.2, 0.25) is 0 Å². The second kappa shape index (κ2) is 3.77. The van der Waals surface area contributed by atoms with E-state index in [1.165, 1.54) is 0 Å². The fourth-order valence-corrected chi connectivity index (χ4v) is 1.70. The molecule has 1 aliphatic carbocycles. The first kappa shape index (κ1) is 9.77. The van der Waals surface area contributed by atoms with Gasteiger partial charge in [0.1, 0.15) is 0 Å². The number of morpholine rings is 1. The van der Waals surface area contributed by atoms with Gasteiger partial charge < -0.3 is 15.0 Å². The molecule has 4 heteroatoms. The zero-order valence-corrected chi connectivity index (χ0v) is 8.82. The van der Waals surface area contributed by atoms with Crippen LogP contribution in [-0.2, 0) is 4.74 Å². The molecule has 0 radical (unpaired) electrons. The highest BCUT2D eigenvalue weighted by Gasteiger charge is 2.32. The molecule has 2 rings (SSSR count). The van der Waals surface area contributed by atoms with E-state index in [2.05, 4.69) is 5.32 Å². The van der Waals surface area contributed by atoms with Gasteiger partial charge >= 0.3 is 6.03 Å². The summed E-state index contributed by atoms with van der Waals surface area (Å²) in [5, 5.41) is 3.01. The molecule has 0 spiro atoms. The Morgan fingerprint density at radius 1 is 1.43 bits per heavy atom. The summed E-state index contributed by atoms with van der Waals surface area (Å²) in [6.45, 7) is 5.42. The summed E-state index contributed by atoms with van der Waals surface area (Å²) in [6, 6.07) is 0.700. The quantitative estimate of drug-likeness (QED) is 0.682. The third-order valence-corrected chi connectivity index (χ3v) is 3.05. The van der Waals surface area contributed by atoms with Gasteiger partial charge in [0.15, 0.2) is 0 Å². The average molecular weight is 198 g/mol. The van der Waals surface area contributed by atoms with Gasteiger partial charge in [-0.2, -0.15) is 0 Å². The van der Waals surface area contributed by atoms with Crippen LogP contribution in [0.4, 0.5) is 4.79 Å². The average Bonchev–Trinajstić information content (AvgIpc) is 2.93. The third kappa shape index (κ3) is 2.00.